The van der Waals surface area contributed by atoms with E-state index in [9.17, 15) is 32.4 Å². The van der Waals surface area contributed by atoms with E-state index in [1.807, 2.05) is 44.2 Å². The number of sulfonamides is 1. The second kappa shape index (κ2) is 14.0. The number of rotatable bonds is 6. The summed E-state index contributed by atoms with van der Waals surface area (Å²) in [6.45, 7) is 12.9. The van der Waals surface area contributed by atoms with E-state index in [4.69, 9.17) is 9.47 Å². The third-order valence-electron chi connectivity index (χ3n) is 10.5. The van der Waals surface area contributed by atoms with Gasteiger partial charge in [-0.15, -0.1) is 6.58 Å². The molecule has 5 atom stereocenters. The molecule has 0 radical (unpaired) electrons. The summed E-state index contributed by atoms with van der Waals surface area (Å²) in [4.78, 5) is 73.3. The third-order valence-corrected chi connectivity index (χ3v) is 12.4. The van der Waals surface area contributed by atoms with Crippen molar-refractivity contribution in [3.63, 3.8) is 0 Å². The number of ether oxygens (including phenoxy) is 2. The van der Waals surface area contributed by atoms with Crippen molar-refractivity contribution in [1.29, 1.82) is 0 Å². The summed E-state index contributed by atoms with van der Waals surface area (Å²) < 4.78 is 39.0. The zero-order valence-corrected chi connectivity index (χ0v) is 31.6. The summed E-state index contributed by atoms with van der Waals surface area (Å²) in [5, 5.41) is 5.60. The number of aromatic amines is 1. The van der Waals surface area contributed by atoms with E-state index in [2.05, 4.69) is 26.9 Å². The topological polar surface area (TPSA) is 193 Å². The number of fused-ring (bicyclic) bond motifs is 3. The molecule has 14 nitrogen and oxygen atoms in total. The van der Waals surface area contributed by atoms with Gasteiger partial charge in [0.25, 0.3) is 5.91 Å². The molecule has 1 aromatic heterocycles. The Hall–Kier alpha value is -4.66. The zero-order chi connectivity index (χ0) is 38.5. The number of alkyl carbamates (subject to hydrolysis) is 1. The summed E-state index contributed by atoms with van der Waals surface area (Å²) in [7, 11) is -3.92. The lowest BCUT2D eigenvalue weighted by molar-refractivity contribution is -0.143. The van der Waals surface area contributed by atoms with Crippen LogP contribution in [0.25, 0.3) is 17.0 Å². The molecule has 286 valence electrons. The van der Waals surface area contributed by atoms with Gasteiger partial charge < -0.3 is 30.0 Å². The van der Waals surface area contributed by atoms with Gasteiger partial charge in [0.1, 0.15) is 29.4 Å². The maximum Gasteiger partial charge on any atom is 0.407 e. The number of carbonyl (C=O) groups excluding carboxylic acids is 5. The van der Waals surface area contributed by atoms with Crippen LogP contribution in [0.3, 0.4) is 0 Å². The van der Waals surface area contributed by atoms with E-state index >= 15 is 0 Å². The molecule has 1 saturated heterocycles. The van der Waals surface area contributed by atoms with Crippen LogP contribution in [0, 0.1) is 16.7 Å². The van der Waals surface area contributed by atoms with E-state index in [0.717, 1.165) is 16.5 Å². The fourth-order valence-electron chi connectivity index (χ4n) is 7.03. The first-order valence-corrected chi connectivity index (χ1v) is 19.6. The summed E-state index contributed by atoms with van der Waals surface area (Å²) >= 11 is 0. The molecule has 1 aromatic carbocycles. The van der Waals surface area contributed by atoms with Crippen LogP contribution in [0.4, 0.5) is 4.79 Å². The van der Waals surface area contributed by atoms with Crippen LogP contribution in [0.2, 0.25) is 0 Å². The van der Waals surface area contributed by atoms with Crippen molar-refractivity contribution in [2.75, 3.05) is 13.2 Å². The highest BCUT2D eigenvalue weighted by Gasteiger charge is 2.62. The number of amides is 4. The Morgan fingerprint density at radius 3 is 2.53 bits per heavy atom. The normalized spacial score (nSPS) is 28.1. The predicted molar refractivity (Wildman–Crippen MR) is 197 cm³/mol. The molecule has 4 amide bonds. The van der Waals surface area contributed by atoms with Gasteiger partial charge in [-0.05, 0) is 60.6 Å². The number of allylic oxidation sites excluding steroid dienone is 1. The van der Waals surface area contributed by atoms with Crippen molar-refractivity contribution in [2.45, 2.75) is 102 Å². The number of carbonyl (C=O) groups is 5. The number of esters is 1. The maximum atomic E-state index is 14.5. The van der Waals surface area contributed by atoms with E-state index in [1.165, 1.54) is 11.0 Å². The van der Waals surface area contributed by atoms with Gasteiger partial charge in [0.05, 0.1) is 18.4 Å². The highest BCUT2D eigenvalue weighted by atomic mass is 32.2. The number of H-pyrrole nitrogens is 1. The van der Waals surface area contributed by atoms with Gasteiger partial charge in [0, 0.05) is 23.2 Å². The number of nitrogens with one attached hydrogen (secondary N) is 4. The first-order valence-electron chi connectivity index (χ1n) is 18.1. The third kappa shape index (κ3) is 8.14. The summed E-state index contributed by atoms with van der Waals surface area (Å²) in [5.41, 5.74) is -1.03. The van der Waals surface area contributed by atoms with Crippen LogP contribution < -0.4 is 15.4 Å². The molecule has 15 heteroatoms. The number of benzene rings is 1. The van der Waals surface area contributed by atoms with E-state index in [1.54, 1.807) is 26.8 Å². The highest BCUT2D eigenvalue weighted by Crippen LogP contribution is 2.45. The Morgan fingerprint density at radius 1 is 1.13 bits per heavy atom. The largest absolute Gasteiger partial charge is 0.456 e. The van der Waals surface area contributed by atoms with Crippen LogP contribution in [0.1, 0.15) is 89.2 Å². The quantitative estimate of drug-likeness (QED) is 0.250. The van der Waals surface area contributed by atoms with Gasteiger partial charge in [-0.1, -0.05) is 65.0 Å². The van der Waals surface area contributed by atoms with Crippen LogP contribution in [-0.4, -0.2) is 90.2 Å². The lowest BCUT2D eigenvalue weighted by atomic mass is 9.85. The smallest absolute Gasteiger partial charge is 0.407 e. The molecule has 2 saturated carbocycles. The van der Waals surface area contributed by atoms with Gasteiger partial charge in [-0.25, -0.2) is 18.0 Å². The molecule has 6 rings (SSSR count). The number of nitrogens with zero attached hydrogens (tertiary/aromatic N) is 1. The second-order valence-corrected chi connectivity index (χ2v) is 18.5. The van der Waals surface area contributed by atoms with Crippen molar-refractivity contribution >= 4 is 56.8 Å². The lowest BCUT2D eigenvalue weighted by Gasteiger charge is -2.35. The Bertz CT molecular complexity index is 1980. The predicted octanol–water partition coefficient (Wildman–Crippen LogP) is 3.94. The minimum Gasteiger partial charge on any atom is -0.456 e. The van der Waals surface area contributed by atoms with E-state index < -0.39 is 85.5 Å². The summed E-state index contributed by atoms with van der Waals surface area (Å²) in [6.07, 6.45) is 6.01. The molecule has 4 bridgehead atoms. The average Bonchev–Trinajstić information content (AvgIpc) is 3.97. The molecule has 4 N–H and O–H groups in total. The minimum absolute atomic E-state index is 0.0896. The molecule has 2 aromatic rings. The highest BCUT2D eigenvalue weighted by molar-refractivity contribution is 7.91. The fraction of sp³-hybridized carbons (Fsp3) is 0.553. The molecule has 53 heavy (non-hydrogen) atoms. The van der Waals surface area contributed by atoms with Gasteiger partial charge in [0.2, 0.25) is 21.8 Å². The molecule has 2 aliphatic heterocycles. The number of cyclic esters (lactones) is 1. The SMILES string of the molecule is C=C[C@@H]1C[C@]1(NC(=O)[C@@H]1C[C@@H]2CN1C(=O)[C@H](C(C)(C)C)NC(=O)OCC(C)(C)CCC=Cc1cccc3[nH]c(cc13)C(=O)O2)C(=O)NS(=O)(=O)C1CC1. The number of aromatic nitrogens is 1. The lowest BCUT2D eigenvalue weighted by Crippen LogP contribution is -2.60. The first kappa shape index (κ1) is 38.1. The van der Waals surface area contributed by atoms with Gasteiger partial charge in [0.15, 0.2) is 0 Å². The molecule has 0 spiro atoms. The Balaban J connectivity index is 1.32. The molecule has 2 aliphatic carbocycles. The Kier molecular flexibility index (Phi) is 10.0. The average molecular weight is 752 g/mol. The second-order valence-electron chi connectivity index (χ2n) is 16.6. The Morgan fingerprint density at radius 2 is 1.87 bits per heavy atom. The fourth-order valence-corrected chi connectivity index (χ4v) is 8.40. The van der Waals surface area contributed by atoms with Crippen molar-refractivity contribution in [3.05, 3.63) is 54.3 Å². The van der Waals surface area contributed by atoms with Crippen molar-refractivity contribution in [1.82, 2.24) is 25.2 Å². The van der Waals surface area contributed by atoms with Crippen LogP contribution >= 0.6 is 0 Å². The Labute approximate surface area is 309 Å². The van der Waals surface area contributed by atoms with Crippen LogP contribution in [0.5, 0.6) is 0 Å². The zero-order valence-electron chi connectivity index (χ0n) is 30.8. The minimum atomic E-state index is -3.92. The van der Waals surface area contributed by atoms with Crippen LogP contribution in [0.15, 0.2) is 43.0 Å². The number of hydrogen-bond donors (Lipinski definition) is 4. The maximum absolute atomic E-state index is 14.5. The monoisotopic (exact) mass is 751 g/mol. The molecule has 0 unspecified atom stereocenters. The first-order chi connectivity index (χ1) is 24.8. The summed E-state index contributed by atoms with van der Waals surface area (Å²) in [5.74, 6) is -3.47. The van der Waals surface area contributed by atoms with Gasteiger partial charge in [-0.3, -0.25) is 19.1 Å². The van der Waals surface area contributed by atoms with Gasteiger partial charge in [-0.2, -0.15) is 0 Å². The van der Waals surface area contributed by atoms with E-state index in [-0.39, 0.29) is 31.7 Å². The molecular formula is C38H49N5O9S. The molecule has 3 fully saturated rings. The van der Waals surface area contributed by atoms with Crippen molar-refractivity contribution in [2.24, 2.45) is 16.7 Å². The molecule has 3 heterocycles. The molecular weight excluding hydrogens is 703 g/mol. The molecule has 4 aliphatic rings. The summed E-state index contributed by atoms with van der Waals surface area (Å²) in [6, 6.07) is 4.97. The van der Waals surface area contributed by atoms with Crippen molar-refractivity contribution in [3.8, 4) is 0 Å². The number of hydrogen-bond acceptors (Lipinski definition) is 9. The van der Waals surface area contributed by atoms with Crippen LogP contribution in [-0.2, 0) is 33.9 Å². The standard InChI is InChI=1S/C38H49N5O9S/c1-7-23-19-38(23,34(47)42-53(49,50)25-14-15-25)41-31(44)29-17-24-20-43(29)32(45)30(36(2,3)4)40-35(48)51-21-37(5,6)16-9-8-11-22-12-10-13-27-26(22)18-28(39-27)33(46)52-24/h7-8,10-13,18,23-25,29-30,39H,1,9,14-17,19-21H2,2-6H3,(H,40,48)(H,41,44)(H,42,47)/t23-,24-,29+,30-,38-/m1/s1. The van der Waals surface area contributed by atoms with Gasteiger partial charge >= 0.3 is 12.1 Å². The van der Waals surface area contributed by atoms with E-state index in [0.29, 0.717) is 25.7 Å². The van der Waals surface area contributed by atoms with Crippen molar-refractivity contribution < 1.29 is 41.9 Å².